The van der Waals surface area contributed by atoms with Crippen LogP contribution < -0.4 is 10.6 Å². The van der Waals surface area contributed by atoms with E-state index in [0.717, 1.165) is 142 Å². The molecule has 7 rings (SSSR count). The summed E-state index contributed by atoms with van der Waals surface area (Å²) in [4.78, 5) is 28.6. The van der Waals surface area contributed by atoms with Crippen molar-refractivity contribution < 1.29 is 9.59 Å². The summed E-state index contributed by atoms with van der Waals surface area (Å²) < 4.78 is 0. The number of fused-ring (bicyclic) bond motifs is 12. The van der Waals surface area contributed by atoms with Gasteiger partial charge < -0.3 is 10.6 Å². The largest absolute Gasteiger partial charge is 0.352 e. The van der Waals surface area contributed by atoms with Crippen LogP contribution in [0.2, 0.25) is 0 Å². The van der Waals surface area contributed by atoms with E-state index in [9.17, 15) is 9.59 Å². The number of benzene rings is 6. The number of aryl methyl sites for hydroxylation is 4. The predicted molar refractivity (Wildman–Crippen MR) is 486 cm³/mol. The number of rotatable bonds is 52. The molecule has 2 amide bonds. The molecular weight excluding hydrogens is 1380 g/mol. The summed E-state index contributed by atoms with van der Waals surface area (Å²) in [6, 6.07) is 92.7. The van der Waals surface area contributed by atoms with Crippen LogP contribution in [-0.4, -0.2) is 24.9 Å². The lowest BCUT2D eigenvalue weighted by molar-refractivity contribution is 0.0945. The zero-order chi connectivity index (χ0) is 80.4. The number of carbonyl (C=O) groups is 2. The normalized spacial score (nSPS) is 10.6. The Hall–Kier alpha value is -9.26. The summed E-state index contributed by atoms with van der Waals surface area (Å²) in [6.45, 7) is 14.8. The number of hydrogen-bond acceptors (Lipinski definition) is 2. The molecule has 0 spiro atoms. The smallest absolute Gasteiger partial charge is 0.251 e. The van der Waals surface area contributed by atoms with Gasteiger partial charge >= 0.3 is 0 Å². The molecule has 0 radical (unpaired) electrons. The van der Waals surface area contributed by atoms with Crippen molar-refractivity contribution in [3.63, 3.8) is 0 Å². The van der Waals surface area contributed by atoms with Crippen molar-refractivity contribution in [3.05, 3.63) is 240 Å². The van der Waals surface area contributed by atoms with E-state index >= 15 is 0 Å². The molecule has 0 aliphatic rings. The number of nitrogens with one attached hydrogen (secondary N) is 2. The molecule has 114 heavy (non-hydrogen) atoms. The number of amides is 2. The minimum Gasteiger partial charge on any atom is -0.352 e. The molecule has 0 aromatic heterocycles. The fourth-order valence-electron chi connectivity index (χ4n) is 15.0. The van der Waals surface area contributed by atoms with Crippen LogP contribution in [0, 0.1) is 97.1 Å². The van der Waals surface area contributed by atoms with Gasteiger partial charge in [-0.1, -0.05) is 358 Å². The van der Waals surface area contributed by atoms with Gasteiger partial charge in [-0.25, -0.2) is 0 Å². The molecule has 0 unspecified atom stereocenters. The van der Waals surface area contributed by atoms with Crippen LogP contribution in [0.25, 0.3) is 64.6 Å². The summed E-state index contributed by atoms with van der Waals surface area (Å²) in [5.74, 6) is -0.234. The molecular formula is C110H138N2O2. The molecule has 0 heterocycles. The molecule has 2 N–H and O–H groups in total. The van der Waals surface area contributed by atoms with Crippen LogP contribution in [0.5, 0.6) is 0 Å². The van der Waals surface area contributed by atoms with Crippen molar-refractivity contribution in [3.8, 4) is 0 Å². The highest BCUT2D eigenvalue weighted by atomic mass is 16.2. The Labute approximate surface area is 694 Å². The molecule has 0 aliphatic heterocycles. The van der Waals surface area contributed by atoms with Crippen molar-refractivity contribution in [1.82, 2.24) is 10.6 Å². The van der Waals surface area contributed by atoms with Gasteiger partial charge in [-0.3, -0.25) is 9.59 Å². The summed E-state index contributed by atoms with van der Waals surface area (Å²) >= 11 is 0. The van der Waals surface area contributed by atoms with Crippen LogP contribution in [0.15, 0.2) is 109 Å². The molecule has 0 atom stereocenters. The maximum absolute atomic E-state index is 14.3. The van der Waals surface area contributed by atoms with Crippen LogP contribution >= 0.6 is 0 Å². The highest BCUT2D eigenvalue weighted by Crippen LogP contribution is 2.22. The monoisotopic (exact) mass is 1520 g/mol. The summed E-state index contributed by atoms with van der Waals surface area (Å²) in [5, 5.41) is 16.3. The van der Waals surface area contributed by atoms with E-state index in [1.54, 1.807) is 0 Å². The minimum absolute atomic E-state index is 0.117. The third-order valence-corrected chi connectivity index (χ3v) is 21.6. The van der Waals surface area contributed by atoms with Gasteiger partial charge in [-0.2, -0.15) is 0 Å². The van der Waals surface area contributed by atoms with Crippen molar-refractivity contribution in [2.75, 3.05) is 13.1 Å². The Bertz CT molecular complexity index is 3790. The van der Waals surface area contributed by atoms with Crippen molar-refractivity contribution in [2.45, 2.75) is 350 Å². The fourth-order valence-corrected chi connectivity index (χ4v) is 15.0. The second-order valence-corrected chi connectivity index (χ2v) is 32.2. The van der Waals surface area contributed by atoms with E-state index in [1.165, 1.54) is 253 Å². The average Bonchev–Trinajstić information content (AvgIpc) is 0.835. The zero-order valence-electron chi connectivity index (χ0n) is 71.6. The quantitative estimate of drug-likeness (QED) is 0.0373. The van der Waals surface area contributed by atoms with Gasteiger partial charge in [0.25, 0.3) is 11.8 Å². The Kier molecular flexibility index (Phi) is 47.2. The maximum Gasteiger partial charge on any atom is 0.251 e. The molecule has 0 saturated heterocycles. The standard InChI is InChI=1S/C110H138N2O2/c1-7-13-19-25-31-33-35-37-43-53-71-111-109(113)107-87-103-67-63-99-77-91(55-45-39-27-21-15-9-3)73-95(81-99)59-49-51-61-97-75-93(57-47-41-29-23-17-11-5)79-101(83-97)65-69-105-86-106(90-108(89-105)110(114)112-72-54-44-38-36-34-32-26-20-14-8-2)70-66-102-80-94(58-48-42-30-24-18-12-6)76-98(84-102)62-52-50-60-96-74-92(56-46-40-28-22-16-10-4)78-100(82-96)64-68-104(85-103)88-107/h73-90H,7-48,53-58,71-72H2,1-6H3,(H,111,113)(H,112,114). The third kappa shape index (κ3) is 40.2. The van der Waals surface area contributed by atoms with E-state index < -0.39 is 0 Å². The van der Waals surface area contributed by atoms with Crippen LogP contribution in [0.4, 0.5) is 0 Å². The van der Waals surface area contributed by atoms with E-state index in [0.29, 0.717) is 24.2 Å². The third-order valence-electron chi connectivity index (χ3n) is 21.6. The Balaban J connectivity index is 1.41. The molecule has 0 fully saturated rings. The van der Waals surface area contributed by atoms with Crippen molar-refractivity contribution in [2.24, 2.45) is 0 Å². The van der Waals surface area contributed by atoms with Gasteiger partial charge in [-0.15, -0.1) is 0 Å². The first-order valence-electron chi connectivity index (χ1n) is 45.7. The van der Waals surface area contributed by atoms with Crippen molar-refractivity contribution >= 4 is 76.4 Å². The van der Waals surface area contributed by atoms with Gasteiger partial charge in [0.15, 0.2) is 0 Å². The molecule has 12 bridgehead atoms. The first kappa shape index (κ1) is 91.9. The SMILES string of the molecule is CCCCCCCCCCCCNC(=O)c1cc2c#cc3cc(CCCCCCCC)cc(c#cc#cc4cc(CCCCCCCC)cc(c#cc5cc(C(=O)NCCCCCCCCCCCC)cc(c#cc6cc(CCCCCCCC)cc(c#cc#cc7cc(CCCCCCCC)cc(c#cc(c1)c2)c7)c6)c5)c4)c3. The Morgan fingerprint density at radius 1 is 0.193 bits per heavy atom. The topological polar surface area (TPSA) is 58.2 Å². The maximum atomic E-state index is 14.3. The Morgan fingerprint density at radius 2 is 0.351 bits per heavy atom. The highest BCUT2D eigenvalue weighted by molar-refractivity contribution is 5.98. The lowest BCUT2D eigenvalue weighted by atomic mass is 10.0. The second-order valence-electron chi connectivity index (χ2n) is 32.2. The second kappa shape index (κ2) is 58.6. The molecule has 0 aliphatic carbocycles. The average molecular weight is 1520 g/mol. The van der Waals surface area contributed by atoms with Crippen LogP contribution in [-0.2, 0) is 25.7 Å². The van der Waals surface area contributed by atoms with E-state index in [-0.39, 0.29) is 11.8 Å². The zero-order valence-corrected chi connectivity index (χ0v) is 71.6. The highest BCUT2D eigenvalue weighted by Gasteiger charge is 2.09. The summed E-state index contributed by atoms with van der Waals surface area (Å²) in [7, 11) is 0. The van der Waals surface area contributed by atoms with Gasteiger partial charge in [0.05, 0.1) is 0 Å². The fraction of sp³-hybridized carbons (Fsp3) is 0.509. The van der Waals surface area contributed by atoms with Gasteiger partial charge in [0.1, 0.15) is 0 Å². The summed E-state index contributed by atoms with van der Waals surface area (Å²) in [6.07, 6.45) is 57.3. The Morgan fingerprint density at radius 3 is 0.544 bits per heavy atom. The van der Waals surface area contributed by atoms with E-state index in [2.05, 4.69) is 222 Å². The number of carbonyl (C=O) groups excluding carboxylic acids is 2. The lowest BCUT2D eigenvalue weighted by Crippen LogP contribution is -2.24. The molecule has 7 aromatic rings. The molecule has 7 aromatic carbocycles. The number of hydrogen-bond donors (Lipinski definition) is 2. The first-order valence-corrected chi connectivity index (χ1v) is 45.7. The number of unbranched alkanes of at least 4 members (excludes halogenated alkanes) is 38. The van der Waals surface area contributed by atoms with Crippen molar-refractivity contribution in [1.29, 1.82) is 0 Å². The van der Waals surface area contributed by atoms with Gasteiger partial charge in [-0.05, 0) is 220 Å². The van der Waals surface area contributed by atoms with Crippen LogP contribution in [0.1, 0.15) is 367 Å². The van der Waals surface area contributed by atoms with Gasteiger partial charge in [0.2, 0.25) is 0 Å². The van der Waals surface area contributed by atoms with Crippen LogP contribution in [0.3, 0.4) is 0 Å². The minimum atomic E-state index is -0.117. The van der Waals surface area contributed by atoms with E-state index in [1.807, 2.05) is 36.4 Å². The molecule has 0 saturated carbocycles. The molecule has 600 valence electrons. The molecule has 4 heteroatoms. The van der Waals surface area contributed by atoms with Gasteiger partial charge in [0, 0.05) is 88.9 Å². The molecule has 4 nitrogen and oxygen atoms in total. The van der Waals surface area contributed by atoms with E-state index in [4.69, 9.17) is 0 Å². The first-order chi connectivity index (χ1) is 56.1. The predicted octanol–water partition coefficient (Wildman–Crippen LogP) is 30.5. The lowest BCUT2D eigenvalue weighted by Gasteiger charge is -2.06. The summed E-state index contributed by atoms with van der Waals surface area (Å²) in [5.41, 5.74) is 5.87.